The van der Waals surface area contributed by atoms with E-state index < -0.39 is 11.9 Å². The van der Waals surface area contributed by atoms with Gasteiger partial charge in [0.05, 0.1) is 5.92 Å². The van der Waals surface area contributed by atoms with Crippen LogP contribution in [-0.4, -0.2) is 34.6 Å². The SMILES string of the molecule is O=C(O)C1CCCCC1NC(=O)N1CCc2sccc2C1. The van der Waals surface area contributed by atoms with Crippen LogP contribution in [0.15, 0.2) is 11.4 Å². The van der Waals surface area contributed by atoms with E-state index in [4.69, 9.17) is 0 Å². The summed E-state index contributed by atoms with van der Waals surface area (Å²) in [6.07, 6.45) is 4.25. The minimum atomic E-state index is -0.793. The molecule has 3 rings (SSSR count). The van der Waals surface area contributed by atoms with Gasteiger partial charge in [-0.25, -0.2) is 4.79 Å². The third kappa shape index (κ3) is 3.05. The number of carbonyl (C=O) groups is 2. The zero-order chi connectivity index (χ0) is 14.8. The number of carbonyl (C=O) groups excluding carboxylic acids is 1. The lowest BCUT2D eigenvalue weighted by molar-refractivity contribution is -0.143. The molecule has 0 radical (unpaired) electrons. The van der Waals surface area contributed by atoms with E-state index in [9.17, 15) is 14.7 Å². The molecule has 5 nitrogen and oxygen atoms in total. The molecular formula is C15H20N2O3S. The number of fused-ring (bicyclic) bond motifs is 1. The Morgan fingerprint density at radius 3 is 2.95 bits per heavy atom. The summed E-state index contributed by atoms with van der Waals surface area (Å²) in [7, 11) is 0. The van der Waals surface area contributed by atoms with Gasteiger partial charge in [-0.1, -0.05) is 12.8 Å². The first-order valence-electron chi connectivity index (χ1n) is 7.48. The number of hydrogen-bond donors (Lipinski definition) is 2. The quantitative estimate of drug-likeness (QED) is 0.881. The normalized spacial score (nSPS) is 25.2. The van der Waals surface area contributed by atoms with E-state index in [0.717, 1.165) is 25.7 Å². The third-order valence-electron chi connectivity index (χ3n) is 4.49. The molecule has 0 aromatic carbocycles. The van der Waals surface area contributed by atoms with Gasteiger partial charge in [-0.05, 0) is 36.3 Å². The molecule has 0 bridgehead atoms. The highest BCUT2D eigenvalue weighted by atomic mass is 32.1. The van der Waals surface area contributed by atoms with Crippen LogP contribution in [0.5, 0.6) is 0 Å². The molecule has 2 N–H and O–H groups in total. The first-order chi connectivity index (χ1) is 10.1. The van der Waals surface area contributed by atoms with Crippen molar-refractivity contribution in [1.82, 2.24) is 10.2 Å². The highest BCUT2D eigenvalue weighted by Crippen LogP contribution is 2.26. The topological polar surface area (TPSA) is 69.6 Å². The summed E-state index contributed by atoms with van der Waals surface area (Å²) in [5, 5.41) is 14.3. The maximum atomic E-state index is 12.4. The van der Waals surface area contributed by atoms with Gasteiger partial charge >= 0.3 is 12.0 Å². The van der Waals surface area contributed by atoms with Gasteiger partial charge in [0.2, 0.25) is 0 Å². The van der Waals surface area contributed by atoms with Crippen molar-refractivity contribution in [1.29, 1.82) is 0 Å². The van der Waals surface area contributed by atoms with Crippen molar-refractivity contribution < 1.29 is 14.7 Å². The lowest BCUT2D eigenvalue weighted by Crippen LogP contribution is -2.51. The Hall–Kier alpha value is -1.56. The minimum absolute atomic E-state index is 0.120. The largest absolute Gasteiger partial charge is 0.481 e. The molecular weight excluding hydrogens is 288 g/mol. The summed E-state index contributed by atoms with van der Waals surface area (Å²) < 4.78 is 0. The number of nitrogens with one attached hydrogen (secondary N) is 1. The number of rotatable bonds is 2. The van der Waals surface area contributed by atoms with Crippen LogP contribution in [0, 0.1) is 5.92 Å². The Morgan fingerprint density at radius 1 is 1.33 bits per heavy atom. The molecule has 1 aromatic heterocycles. The van der Waals surface area contributed by atoms with Crippen molar-refractivity contribution in [3.63, 3.8) is 0 Å². The predicted molar refractivity (Wildman–Crippen MR) is 80.3 cm³/mol. The molecule has 114 valence electrons. The highest BCUT2D eigenvalue weighted by molar-refractivity contribution is 7.10. The molecule has 0 spiro atoms. The first-order valence-corrected chi connectivity index (χ1v) is 8.36. The number of carboxylic acids is 1. The standard InChI is InChI=1S/C15H20N2O3S/c18-14(19)11-3-1-2-4-12(11)16-15(20)17-7-5-13-10(9-17)6-8-21-13/h6,8,11-12H,1-5,7,9H2,(H,16,20)(H,18,19). The zero-order valence-electron chi connectivity index (χ0n) is 11.9. The van der Waals surface area contributed by atoms with E-state index in [1.54, 1.807) is 16.2 Å². The molecule has 2 unspecified atom stereocenters. The van der Waals surface area contributed by atoms with E-state index in [0.29, 0.717) is 19.5 Å². The molecule has 0 saturated heterocycles. The van der Waals surface area contributed by atoms with Crippen molar-refractivity contribution in [3.8, 4) is 0 Å². The highest BCUT2D eigenvalue weighted by Gasteiger charge is 2.33. The maximum Gasteiger partial charge on any atom is 0.317 e. The number of carboxylic acid groups (broad SMARTS) is 1. The van der Waals surface area contributed by atoms with E-state index in [2.05, 4.69) is 16.8 Å². The monoisotopic (exact) mass is 308 g/mol. The molecule has 2 atom stereocenters. The lowest BCUT2D eigenvalue weighted by atomic mass is 9.84. The molecule has 2 amide bonds. The summed E-state index contributed by atoms with van der Waals surface area (Å²) in [4.78, 5) is 26.8. The molecule has 2 heterocycles. The number of aliphatic carboxylic acids is 1. The van der Waals surface area contributed by atoms with Gasteiger partial charge in [0, 0.05) is 24.0 Å². The summed E-state index contributed by atoms with van der Waals surface area (Å²) in [6, 6.07) is 1.72. The fourth-order valence-corrected chi connectivity index (χ4v) is 4.16. The Balaban J connectivity index is 1.62. The molecule has 1 saturated carbocycles. The van der Waals surface area contributed by atoms with Gasteiger partial charge in [-0.3, -0.25) is 4.79 Å². The average molecular weight is 308 g/mol. The van der Waals surface area contributed by atoms with E-state index >= 15 is 0 Å². The second-order valence-corrected chi connectivity index (χ2v) is 6.83. The van der Waals surface area contributed by atoms with Crippen molar-refractivity contribution in [2.45, 2.75) is 44.7 Å². The number of nitrogens with zero attached hydrogens (tertiary/aromatic N) is 1. The van der Waals surface area contributed by atoms with Gasteiger partial charge in [-0.15, -0.1) is 11.3 Å². The van der Waals surface area contributed by atoms with Crippen LogP contribution in [-0.2, 0) is 17.8 Å². The molecule has 1 aromatic rings. The smallest absolute Gasteiger partial charge is 0.317 e. The van der Waals surface area contributed by atoms with Crippen LogP contribution in [0.4, 0.5) is 4.79 Å². The summed E-state index contributed by atoms with van der Waals surface area (Å²) in [5.41, 5.74) is 1.22. The molecule has 1 aliphatic heterocycles. The molecule has 2 aliphatic rings. The fourth-order valence-electron chi connectivity index (χ4n) is 3.27. The van der Waals surface area contributed by atoms with Crippen molar-refractivity contribution in [2.24, 2.45) is 5.92 Å². The summed E-state index contributed by atoms with van der Waals surface area (Å²) in [6.45, 7) is 1.35. The number of hydrogen-bond acceptors (Lipinski definition) is 3. The van der Waals surface area contributed by atoms with Gasteiger partial charge in [0.1, 0.15) is 0 Å². The van der Waals surface area contributed by atoms with Crippen molar-refractivity contribution >= 4 is 23.3 Å². The predicted octanol–water partition coefficient (Wildman–Crippen LogP) is 2.46. The van der Waals surface area contributed by atoms with Gasteiger partial charge in [0.15, 0.2) is 0 Å². The number of thiophene rings is 1. The molecule has 6 heteroatoms. The fraction of sp³-hybridized carbons (Fsp3) is 0.600. The molecule has 1 fully saturated rings. The second-order valence-electron chi connectivity index (χ2n) is 5.83. The Kier molecular flexibility index (Phi) is 4.14. The van der Waals surface area contributed by atoms with Gasteiger partial charge in [0.25, 0.3) is 0 Å². The minimum Gasteiger partial charge on any atom is -0.481 e. The molecule has 1 aliphatic carbocycles. The third-order valence-corrected chi connectivity index (χ3v) is 5.51. The van der Waals surface area contributed by atoms with E-state index in [-0.39, 0.29) is 12.1 Å². The van der Waals surface area contributed by atoms with Crippen LogP contribution >= 0.6 is 11.3 Å². The molecule has 21 heavy (non-hydrogen) atoms. The van der Waals surface area contributed by atoms with Crippen LogP contribution in [0.3, 0.4) is 0 Å². The lowest BCUT2D eigenvalue weighted by Gasteiger charge is -2.33. The van der Waals surface area contributed by atoms with Gasteiger partial charge < -0.3 is 15.3 Å². The van der Waals surface area contributed by atoms with Crippen LogP contribution in [0.1, 0.15) is 36.1 Å². The Morgan fingerprint density at radius 2 is 2.14 bits per heavy atom. The second kappa shape index (κ2) is 6.05. The van der Waals surface area contributed by atoms with E-state index in [1.807, 2.05) is 0 Å². The van der Waals surface area contributed by atoms with Crippen LogP contribution in [0.25, 0.3) is 0 Å². The average Bonchev–Trinajstić information content (AvgIpc) is 2.94. The Bertz CT molecular complexity index is 543. The van der Waals surface area contributed by atoms with Crippen LogP contribution < -0.4 is 5.32 Å². The van der Waals surface area contributed by atoms with E-state index in [1.165, 1.54) is 10.4 Å². The number of amides is 2. The van der Waals surface area contributed by atoms with Gasteiger partial charge in [-0.2, -0.15) is 0 Å². The number of urea groups is 1. The van der Waals surface area contributed by atoms with Crippen molar-refractivity contribution in [3.05, 3.63) is 21.9 Å². The van der Waals surface area contributed by atoms with Crippen molar-refractivity contribution in [2.75, 3.05) is 6.54 Å². The Labute approximate surface area is 128 Å². The first kappa shape index (κ1) is 14.4. The zero-order valence-corrected chi connectivity index (χ0v) is 12.7. The summed E-state index contributed by atoms with van der Waals surface area (Å²) in [5.74, 6) is -1.23. The van der Waals surface area contributed by atoms with Crippen LogP contribution in [0.2, 0.25) is 0 Å². The maximum absolute atomic E-state index is 12.4. The summed E-state index contributed by atoms with van der Waals surface area (Å²) >= 11 is 1.74.